The summed E-state index contributed by atoms with van der Waals surface area (Å²) >= 11 is 1.78. The molecule has 0 atom stereocenters. The van der Waals surface area contributed by atoms with Crippen LogP contribution in [0.4, 0.5) is 0 Å². The zero-order valence-electron chi connectivity index (χ0n) is 11.8. The molecule has 0 unspecified atom stereocenters. The van der Waals surface area contributed by atoms with Crippen molar-refractivity contribution in [3.63, 3.8) is 0 Å². The molecule has 4 aromatic rings. The van der Waals surface area contributed by atoms with Gasteiger partial charge in [0.1, 0.15) is 0 Å². The Labute approximate surface area is 128 Å². The summed E-state index contributed by atoms with van der Waals surface area (Å²) in [6.45, 7) is 0. The smallest absolute Gasteiger partial charge is 0.0552 e. The first-order chi connectivity index (χ1) is 10.4. The highest BCUT2D eigenvalue weighted by Gasteiger charge is 2.11. The van der Waals surface area contributed by atoms with Gasteiger partial charge in [-0.1, -0.05) is 42.5 Å². The lowest BCUT2D eigenvalue weighted by Gasteiger charge is -2.07. The number of benzene rings is 3. The minimum atomic E-state index is 1.21. The Kier molecular flexibility index (Phi) is 2.97. The van der Waals surface area contributed by atoms with Crippen LogP contribution in [0.1, 0.15) is 0 Å². The van der Waals surface area contributed by atoms with Gasteiger partial charge in [-0.2, -0.15) is 0 Å². The Balaban J connectivity index is 2.19. The van der Waals surface area contributed by atoms with E-state index in [-0.39, 0.29) is 0 Å². The van der Waals surface area contributed by atoms with Crippen molar-refractivity contribution in [2.75, 3.05) is 6.26 Å². The fraction of sp³-hybridized carbons (Fsp3) is 0.0526. The number of aromatic nitrogens is 1. The second-order valence-electron chi connectivity index (χ2n) is 5.07. The first-order valence-corrected chi connectivity index (χ1v) is 8.23. The lowest BCUT2D eigenvalue weighted by molar-refractivity contribution is 1.17. The number of hydrogen-bond donors (Lipinski definition) is 0. The first-order valence-electron chi connectivity index (χ1n) is 7.01. The number of fused-ring (bicyclic) bond motifs is 3. The van der Waals surface area contributed by atoms with Crippen molar-refractivity contribution < 1.29 is 0 Å². The summed E-state index contributed by atoms with van der Waals surface area (Å²) < 4.78 is 2.35. The molecule has 0 aliphatic rings. The predicted molar refractivity (Wildman–Crippen MR) is 92.6 cm³/mol. The summed E-state index contributed by atoms with van der Waals surface area (Å²) in [5.74, 6) is 0. The Hall–Kier alpha value is -2.19. The van der Waals surface area contributed by atoms with Gasteiger partial charge in [0.25, 0.3) is 0 Å². The standard InChI is InChI=1S/C19H15NS/c1-21-15-11-12-17-16-9-5-6-10-18(16)20(19(17)13-15)14-7-3-2-4-8-14/h2-13H,1H3. The van der Waals surface area contributed by atoms with E-state index in [2.05, 4.69) is 83.6 Å². The van der Waals surface area contributed by atoms with E-state index in [1.54, 1.807) is 11.8 Å². The molecule has 0 N–H and O–H groups in total. The van der Waals surface area contributed by atoms with Crippen molar-refractivity contribution >= 4 is 33.6 Å². The molecule has 21 heavy (non-hydrogen) atoms. The average Bonchev–Trinajstić information content (AvgIpc) is 2.89. The number of hydrogen-bond acceptors (Lipinski definition) is 1. The molecular formula is C19H15NS. The number of thioether (sulfide) groups is 1. The molecule has 3 aromatic carbocycles. The molecule has 0 aliphatic heterocycles. The molecule has 0 saturated heterocycles. The normalized spacial score (nSPS) is 11.3. The molecule has 0 radical (unpaired) electrons. The summed E-state index contributed by atoms with van der Waals surface area (Å²) in [4.78, 5) is 1.29. The fourth-order valence-corrected chi connectivity index (χ4v) is 3.37. The molecule has 0 saturated carbocycles. The zero-order chi connectivity index (χ0) is 14.2. The third kappa shape index (κ3) is 1.95. The van der Waals surface area contributed by atoms with Gasteiger partial charge < -0.3 is 4.57 Å². The maximum Gasteiger partial charge on any atom is 0.0552 e. The van der Waals surface area contributed by atoms with Gasteiger partial charge in [0.2, 0.25) is 0 Å². The molecule has 1 heterocycles. The molecule has 0 amide bonds. The summed E-state index contributed by atoms with van der Waals surface area (Å²) in [6.07, 6.45) is 2.12. The van der Waals surface area contributed by atoms with Gasteiger partial charge in [-0.3, -0.25) is 0 Å². The Morgan fingerprint density at radius 1 is 0.714 bits per heavy atom. The van der Waals surface area contributed by atoms with Crippen LogP contribution in [0, 0.1) is 0 Å². The minimum Gasteiger partial charge on any atom is -0.309 e. The van der Waals surface area contributed by atoms with Crippen LogP contribution < -0.4 is 0 Å². The minimum absolute atomic E-state index is 1.21. The maximum absolute atomic E-state index is 2.35. The highest BCUT2D eigenvalue weighted by molar-refractivity contribution is 7.98. The van der Waals surface area contributed by atoms with Crippen LogP contribution in [0.3, 0.4) is 0 Å². The van der Waals surface area contributed by atoms with Crippen LogP contribution in [-0.2, 0) is 0 Å². The van der Waals surface area contributed by atoms with Gasteiger partial charge >= 0.3 is 0 Å². The van der Waals surface area contributed by atoms with Crippen molar-refractivity contribution in [2.24, 2.45) is 0 Å². The lowest BCUT2D eigenvalue weighted by Crippen LogP contribution is -1.92. The molecule has 0 spiro atoms. The van der Waals surface area contributed by atoms with Crippen LogP contribution in [0.15, 0.2) is 77.7 Å². The van der Waals surface area contributed by atoms with E-state index in [0.29, 0.717) is 0 Å². The van der Waals surface area contributed by atoms with Gasteiger partial charge in [-0.05, 0) is 36.6 Å². The molecule has 0 fully saturated rings. The maximum atomic E-state index is 2.35. The Morgan fingerprint density at radius 3 is 2.24 bits per heavy atom. The highest BCUT2D eigenvalue weighted by Crippen LogP contribution is 2.33. The molecule has 1 aromatic heterocycles. The van der Waals surface area contributed by atoms with Crippen LogP contribution in [0.2, 0.25) is 0 Å². The largest absolute Gasteiger partial charge is 0.309 e. The van der Waals surface area contributed by atoms with Gasteiger partial charge in [0, 0.05) is 21.4 Å². The van der Waals surface area contributed by atoms with Gasteiger partial charge in [-0.25, -0.2) is 0 Å². The number of para-hydroxylation sites is 2. The SMILES string of the molecule is CSc1ccc2c3ccccc3n(-c3ccccc3)c2c1. The summed E-state index contributed by atoms with van der Waals surface area (Å²) in [5, 5.41) is 2.62. The predicted octanol–water partition coefficient (Wildman–Crippen LogP) is 5.51. The van der Waals surface area contributed by atoms with E-state index in [1.165, 1.54) is 32.4 Å². The van der Waals surface area contributed by atoms with E-state index in [9.17, 15) is 0 Å². The van der Waals surface area contributed by atoms with Crippen molar-refractivity contribution in [1.29, 1.82) is 0 Å². The van der Waals surface area contributed by atoms with E-state index >= 15 is 0 Å². The molecule has 102 valence electrons. The molecular weight excluding hydrogens is 274 g/mol. The first kappa shape index (κ1) is 12.5. The van der Waals surface area contributed by atoms with Crippen molar-refractivity contribution in [2.45, 2.75) is 4.90 Å². The summed E-state index contributed by atoms with van der Waals surface area (Å²) in [7, 11) is 0. The van der Waals surface area contributed by atoms with Gasteiger partial charge in [0.15, 0.2) is 0 Å². The molecule has 0 aliphatic carbocycles. The monoisotopic (exact) mass is 289 g/mol. The third-order valence-corrected chi connectivity index (χ3v) is 4.62. The topological polar surface area (TPSA) is 4.93 Å². The summed E-state index contributed by atoms with van der Waals surface area (Å²) in [6, 6.07) is 25.9. The molecule has 0 bridgehead atoms. The molecule has 2 heteroatoms. The van der Waals surface area contributed by atoms with Gasteiger partial charge in [-0.15, -0.1) is 11.8 Å². The quantitative estimate of drug-likeness (QED) is 0.441. The Morgan fingerprint density at radius 2 is 1.43 bits per heavy atom. The van der Waals surface area contributed by atoms with E-state index in [1.807, 2.05) is 0 Å². The lowest BCUT2D eigenvalue weighted by atomic mass is 10.2. The summed E-state index contributed by atoms with van der Waals surface area (Å²) in [5.41, 5.74) is 3.74. The van der Waals surface area contributed by atoms with Crippen molar-refractivity contribution in [3.05, 3.63) is 72.8 Å². The number of rotatable bonds is 2. The van der Waals surface area contributed by atoms with Crippen LogP contribution in [0.25, 0.3) is 27.5 Å². The van der Waals surface area contributed by atoms with Crippen LogP contribution >= 0.6 is 11.8 Å². The van der Waals surface area contributed by atoms with Crippen LogP contribution in [0.5, 0.6) is 0 Å². The third-order valence-electron chi connectivity index (χ3n) is 3.90. The van der Waals surface area contributed by atoms with E-state index < -0.39 is 0 Å². The second kappa shape index (κ2) is 4.97. The van der Waals surface area contributed by atoms with Crippen LogP contribution in [-0.4, -0.2) is 10.8 Å². The Bertz CT molecular complexity index is 922. The molecule has 4 rings (SSSR count). The highest BCUT2D eigenvalue weighted by atomic mass is 32.2. The van der Waals surface area contributed by atoms with E-state index in [4.69, 9.17) is 0 Å². The second-order valence-corrected chi connectivity index (χ2v) is 5.95. The number of nitrogens with zero attached hydrogens (tertiary/aromatic N) is 1. The fourth-order valence-electron chi connectivity index (χ4n) is 2.93. The van der Waals surface area contributed by atoms with E-state index in [0.717, 1.165) is 0 Å². The average molecular weight is 289 g/mol. The van der Waals surface area contributed by atoms with Crippen molar-refractivity contribution in [1.82, 2.24) is 4.57 Å². The molecule has 1 nitrogen and oxygen atoms in total. The van der Waals surface area contributed by atoms with Crippen molar-refractivity contribution in [3.8, 4) is 5.69 Å². The zero-order valence-corrected chi connectivity index (χ0v) is 12.6. The van der Waals surface area contributed by atoms with Gasteiger partial charge in [0.05, 0.1) is 11.0 Å².